The number of hydrogen-bond donors (Lipinski definition) is 2. The van der Waals surface area contributed by atoms with Crippen LogP contribution in [0.4, 0.5) is 0 Å². The Morgan fingerprint density at radius 2 is 1.74 bits per heavy atom. The van der Waals surface area contributed by atoms with Gasteiger partial charge in [0.15, 0.2) is 0 Å². The van der Waals surface area contributed by atoms with E-state index < -0.39 is 12.0 Å². The molecule has 0 heterocycles. The third-order valence-electron chi connectivity index (χ3n) is 3.20. The van der Waals surface area contributed by atoms with Gasteiger partial charge in [-0.2, -0.15) is 0 Å². The molecule has 19 heavy (non-hydrogen) atoms. The standard InChI is InChI=1S/C16H25NO2/c1-11(2)9-15(16(18)19)17-10-13-5-7-14(8-6-13)12(3)4/h5-8,11-12,15,17H,9-10H2,1-4H3,(H,18,19)/t15-/m1/s1. The van der Waals surface area contributed by atoms with Crippen LogP contribution in [0, 0.1) is 5.92 Å². The number of benzene rings is 1. The van der Waals surface area contributed by atoms with E-state index in [0.29, 0.717) is 24.8 Å². The Bertz CT molecular complexity index is 396. The first kappa shape index (κ1) is 15.7. The number of nitrogens with one attached hydrogen (secondary N) is 1. The highest BCUT2D eigenvalue weighted by Gasteiger charge is 2.17. The average Bonchev–Trinajstić information content (AvgIpc) is 2.34. The molecule has 0 fully saturated rings. The third-order valence-corrected chi connectivity index (χ3v) is 3.20. The van der Waals surface area contributed by atoms with Crippen LogP contribution in [0.5, 0.6) is 0 Å². The van der Waals surface area contributed by atoms with Crippen molar-refractivity contribution < 1.29 is 9.90 Å². The van der Waals surface area contributed by atoms with Crippen molar-refractivity contribution in [3.8, 4) is 0 Å². The molecule has 106 valence electrons. The molecule has 0 aromatic heterocycles. The quantitative estimate of drug-likeness (QED) is 0.792. The van der Waals surface area contributed by atoms with Gasteiger partial charge in [0.25, 0.3) is 0 Å². The molecule has 3 heteroatoms. The van der Waals surface area contributed by atoms with Gasteiger partial charge >= 0.3 is 5.97 Å². The van der Waals surface area contributed by atoms with Gasteiger partial charge in [-0.25, -0.2) is 0 Å². The summed E-state index contributed by atoms with van der Waals surface area (Å²) in [6.45, 7) is 9.00. The summed E-state index contributed by atoms with van der Waals surface area (Å²) in [5, 5.41) is 12.3. The minimum atomic E-state index is -0.771. The molecule has 0 saturated carbocycles. The number of carboxylic acids is 1. The highest BCUT2D eigenvalue weighted by Crippen LogP contribution is 2.15. The average molecular weight is 263 g/mol. The van der Waals surface area contributed by atoms with Gasteiger partial charge in [0.05, 0.1) is 0 Å². The number of rotatable bonds is 7. The van der Waals surface area contributed by atoms with Crippen LogP contribution < -0.4 is 5.32 Å². The van der Waals surface area contributed by atoms with Gasteiger partial charge in [0.1, 0.15) is 6.04 Å². The molecule has 0 unspecified atom stereocenters. The Morgan fingerprint density at radius 3 is 2.16 bits per heavy atom. The van der Waals surface area contributed by atoms with Gasteiger partial charge in [0, 0.05) is 6.54 Å². The van der Waals surface area contributed by atoms with E-state index >= 15 is 0 Å². The molecule has 0 radical (unpaired) electrons. The van der Waals surface area contributed by atoms with Crippen molar-refractivity contribution in [1.82, 2.24) is 5.32 Å². The van der Waals surface area contributed by atoms with Gasteiger partial charge < -0.3 is 10.4 Å². The second-order valence-electron chi connectivity index (χ2n) is 5.80. The summed E-state index contributed by atoms with van der Waals surface area (Å²) in [4.78, 5) is 11.1. The zero-order valence-electron chi connectivity index (χ0n) is 12.3. The fourth-order valence-electron chi connectivity index (χ4n) is 2.00. The maximum atomic E-state index is 11.1. The predicted octanol–water partition coefficient (Wildman–Crippen LogP) is 3.40. The van der Waals surface area contributed by atoms with E-state index in [1.807, 2.05) is 13.8 Å². The van der Waals surface area contributed by atoms with Gasteiger partial charge in [-0.15, -0.1) is 0 Å². The Hall–Kier alpha value is -1.35. The molecule has 0 spiro atoms. The number of aliphatic carboxylic acids is 1. The minimum absolute atomic E-state index is 0.372. The van der Waals surface area contributed by atoms with Gasteiger partial charge in [-0.05, 0) is 29.4 Å². The zero-order chi connectivity index (χ0) is 14.4. The van der Waals surface area contributed by atoms with Crippen LogP contribution in [0.1, 0.15) is 51.2 Å². The van der Waals surface area contributed by atoms with Crippen molar-refractivity contribution in [3.05, 3.63) is 35.4 Å². The maximum Gasteiger partial charge on any atom is 0.320 e. The first-order chi connectivity index (χ1) is 8.90. The number of carbonyl (C=O) groups is 1. The molecular weight excluding hydrogens is 238 g/mol. The molecule has 3 nitrogen and oxygen atoms in total. The molecule has 0 aliphatic heterocycles. The lowest BCUT2D eigenvalue weighted by Crippen LogP contribution is -2.37. The van der Waals surface area contributed by atoms with Crippen molar-refractivity contribution in [3.63, 3.8) is 0 Å². The first-order valence-electron chi connectivity index (χ1n) is 6.95. The van der Waals surface area contributed by atoms with Gasteiger partial charge in [-0.1, -0.05) is 52.0 Å². The van der Waals surface area contributed by atoms with Crippen LogP contribution in [0.2, 0.25) is 0 Å². The molecule has 1 rings (SSSR count). The molecule has 1 aromatic carbocycles. The van der Waals surface area contributed by atoms with Gasteiger partial charge in [0.2, 0.25) is 0 Å². The Balaban J connectivity index is 2.56. The molecule has 0 aliphatic rings. The van der Waals surface area contributed by atoms with Crippen molar-refractivity contribution in [2.75, 3.05) is 0 Å². The van der Waals surface area contributed by atoms with Crippen LogP contribution in [-0.4, -0.2) is 17.1 Å². The summed E-state index contributed by atoms with van der Waals surface area (Å²) in [5.74, 6) is 0.124. The molecular formula is C16H25NO2. The highest BCUT2D eigenvalue weighted by atomic mass is 16.4. The fourth-order valence-corrected chi connectivity index (χ4v) is 2.00. The second-order valence-corrected chi connectivity index (χ2v) is 5.80. The van der Waals surface area contributed by atoms with E-state index in [-0.39, 0.29) is 0 Å². The van der Waals surface area contributed by atoms with E-state index in [9.17, 15) is 4.79 Å². The number of carboxylic acid groups (broad SMARTS) is 1. The topological polar surface area (TPSA) is 49.3 Å². The summed E-state index contributed by atoms with van der Waals surface area (Å²) in [5.41, 5.74) is 2.43. The van der Waals surface area contributed by atoms with Crippen LogP contribution in [-0.2, 0) is 11.3 Å². The van der Waals surface area contributed by atoms with Crippen molar-refractivity contribution >= 4 is 5.97 Å². The lowest BCUT2D eigenvalue weighted by molar-refractivity contribution is -0.140. The van der Waals surface area contributed by atoms with Gasteiger partial charge in [-0.3, -0.25) is 4.79 Å². The van der Waals surface area contributed by atoms with Crippen molar-refractivity contribution in [1.29, 1.82) is 0 Å². The Labute approximate surface area is 116 Å². The summed E-state index contributed by atoms with van der Waals surface area (Å²) >= 11 is 0. The SMILES string of the molecule is CC(C)C[C@@H](NCc1ccc(C(C)C)cc1)C(=O)O. The van der Waals surface area contributed by atoms with Crippen LogP contribution in [0.15, 0.2) is 24.3 Å². The molecule has 0 aliphatic carbocycles. The summed E-state index contributed by atoms with van der Waals surface area (Å²) in [7, 11) is 0. The molecule has 0 saturated heterocycles. The summed E-state index contributed by atoms with van der Waals surface area (Å²) in [6.07, 6.45) is 0.652. The Kier molecular flexibility index (Phi) is 6.03. The molecule has 0 bridgehead atoms. The molecule has 2 N–H and O–H groups in total. The normalized spacial score (nSPS) is 12.9. The molecule has 1 aromatic rings. The Morgan fingerprint density at radius 1 is 1.16 bits per heavy atom. The summed E-state index contributed by atoms with van der Waals surface area (Å²) in [6, 6.07) is 7.89. The van der Waals surface area contributed by atoms with Crippen LogP contribution >= 0.6 is 0 Å². The van der Waals surface area contributed by atoms with E-state index in [4.69, 9.17) is 5.11 Å². The fraction of sp³-hybridized carbons (Fsp3) is 0.562. The molecule has 0 amide bonds. The van der Waals surface area contributed by atoms with Crippen molar-refractivity contribution in [2.45, 2.75) is 52.6 Å². The van der Waals surface area contributed by atoms with Crippen LogP contribution in [0.25, 0.3) is 0 Å². The van der Waals surface area contributed by atoms with Crippen molar-refractivity contribution in [2.24, 2.45) is 5.92 Å². The van der Waals surface area contributed by atoms with E-state index in [2.05, 4.69) is 43.4 Å². The maximum absolute atomic E-state index is 11.1. The molecule has 1 atom stereocenters. The third kappa shape index (κ3) is 5.43. The van der Waals surface area contributed by atoms with Crippen LogP contribution in [0.3, 0.4) is 0 Å². The smallest absolute Gasteiger partial charge is 0.320 e. The highest BCUT2D eigenvalue weighted by molar-refractivity contribution is 5.73. The summed E-state index contributed by atoms with van der Waals surface area (Å²) < 4.78 is 0. The zero-order valence-corrected chi connectivity index (χ0v) is 12.3. The lowest BCUT2D eigenvalue weighted by atomic mass is 10.0. The second kappa shape index (κ2) is 7.29. The minimum Gasteiger partial charge on any atom is -0.480 e. The lowest BCUT2D eigenvalue weighted by Gasteiger charge is -2.16. The predicted molar refractivity (Wildman–Crippen MR) is 78.2 cm³/mol. The first-order valence-corrected chi connectivity index (χ1v) is 6.95. The van der Waals surface area contributed by atoms with E-state index in [1.165, 1.54) is 5.56 Å². The number of hydrogen-bond acceptors (Lipinski definition) is 2. The van der Waals surface area contributed by atoms with E-state index in [1.54, 1.807) is 0 Å². The van der Waals surface area contributed by atoms with E-state index in [0.717, 1.165) is 5.56 Å². The monoisotopic (exact) mass is 263 g/mol. The largest absolute Gasteiger partial charge is 0.480 e.